The molecule has 0 bridgehead atoms. The Kier molecular flexibility index (Phi) is 5.54. The largest absolute Gasteiger partial charge is 0.362 e. The third-order valence-electron chi connectivity index (χ3n) is 3.03. The van der Waals surface area contributed by atoms with Crippen LogP contribution in [0.5, 0.6) is 0 Å². The number of thiophene rings is 1. The fraction of sp³-hybridized carbons (Fsp3) is 0.467. The number of nitrogens with zero attached hydrogens (tertiary/aromatic N) is 2. The summed E-state index contributed by atoms with van der Waals surface area (Å²) in [5.41, 5.74) is 0. The van der Waals surface area contributed by atoms with E-state index in [9.17, 15) is 0 Å². The molecule has 2 heterocycles. The molecule has 0 amide bonds. The Morgan fingerprint density at radius 1 is 1.35 bits per heavy atom. The van der Waals surface area contributed by atoms with Crippen molar-refractivity contribution in [3.8, 4) is 0 Å². The topological polar surface area (TPSA) is 37.8 Å². The summed E-state index contributed by atoms with van der Waals surface area (Å²) in [6, 6.07) is 6.50. The van der Waals surface area contributed by atoms with Crippen molar-refractivity contribution in [3.63, 3.8) is 0 Å². The second-order valence-corrected chi connectivity index (χ2v) is 6.92. The van der Waals surface area contributed by atoms with Crippen LogP contribution in [-0.4, -0.2) is 9.97 Å². The van der Waals surface area contributed by atoms with E-state index in [2.05, 4.69) is 69.5 Å². The normalized spacial score (nSPS) is 12.7. The summed E-state index contributed by atoms with van der Waals surface area (Å²) in [5, 5.41) is 5.67. The van der Waals surface area contributed by atoms with E-state index >= 15 is 0 Å². The van der Waals surface area contributed by atoms with Gasteiger partial charge in [-0.3, -0.25) is 0 Å². The number of hydrogen-bond acceptors (Lipinski definition) is 4. The van der Waals surface area contributed by atoms with E-state index < -0.39 is 0 Å². The molecule has 0 aliphatic rings. The van der Waals surface area contributed by atoms with Gasteiger partial charge in [-0.25, -0.2) is 9.97 Å². The van der Waals surface area contributed by atoms with Gasteiger partial charge in [-0.2, -0.15) is 0 Å². The fourth-order valence-corrected chi connectivity index (χ4v) is 3.44. The first-order valence-corrected chi connectivity index (χ1v) is 8.60. The molecular formula is C15H20BrN3S. The maximum Gasteiger partial charge on any atom is 0.132 e. The SMILES string of the molecule is CCCc1nc(Br)cc(NC(c2cccs2)C(C)C)n1. The third kappa shape index (κ3) is 4.03. The van der Waals surface area contributed by atoms with Crippen LogP contribution in [0.4, 0.5) is 5.82 Å². The standard InChI is InChI=1S/C15H20BrN3S/c1-4-6-13-17-12(16)9-14(18-13)19-15(10(2)3)11-7-5-8-20-11/h5,7-10,15H,4,6H2,1-3H3,(H,17,18,19). The van der Waals surface area contributed by atoms with E-state index in [0.29, 0.717) is 5.92 Å². The van der Waals surface area contributed by atoms with E-state index in [1.165, 1.54) is 4.88 Å². The second kappa shape index (κ2) is 7.18. The second-order valence-electron chi connectivity index (χ2n) is 5.12. The maximum absolute atomic E-state index is 4.61. The zero-order chi connectivity index (χ0) is 14.5. The molecule has 0 aliphatic heterocycles. The first-order chi connectivity index (χ1) is 9.60. The molecule has 20 heavy (non-hydrogen) atoms. The fourth-order valence-electron chi connectivity index (χ4n) is 2.07. The lowest BCUT2D eigenvalue weighted by atomic mass is 10.0. The summed E-state index contributed by atoms with van der Waals surface area (Å²) in [5.74, 6) is 2.28. The average molecular weight is 354 g/mol. The Hall–Kier alpha value is -0.940. The van der Waals surface area contributed by atoms with Gasteiger partial charge in [-0.1, -0.05) is 26.8 Å². The summed E-state index contributed by atoms with van der Waals surface area (Å²) in [6.07, 6.45) is 1.95. The number of rotatable bonds is 6. The molecule has 3 nitrogen and oxygen atoms in total. The van der Waals surface area contributed by atoms with Crippen molar-refractivity contribution in [3.05, 3.63) is 38.9 Å². The molecule has 0 fully saturated rings. The van der Waals surface area contributed by atoms with Crippen molar-refractivity contribution in [2.24, 2.45) is 5.92 Å². The van der Waals surface area contributed by atoms with Crippen LogP contribution >= 0.6 is 27.3 Å². The zero-order valence-electron chi connectivity index (χ0n) is 12.1. The van der Waals surface area contributed by atoms with Crippen molar-refractivity contribution < 1.29 is 0 Å². The molecule has 0 aromatic carbocycles. The molecule has 1 atom stereocenters. The summed E-state index contributed by atoms with van der Waals surface area (Å²) < 4.78 is 0.840. The van der Waals surface area contributed by atoms with Crippen LogP contribution in [0.15, 0.2) is 28.2 Å². The lowest BCUT2D eigenvalue weighted by molar-refractivity contribution is 0.551. The molecule has 0 spiro atoms. The molecule has 0 saturated heterocycles. The van der Waals surface area contributed by atoms with Crippen LogP contribution in [-0.2, 0) is 6.42 Å². The van der Waals surface area contributed by atoms with Gasteiger partial charge in [0.2, 0.25) is 0 Å². The van der Waals surface area contributed by atoms with Crippen molar-refractivity contribution >= 4 is 33.1 Å². The highest BCUT2D eigenvalue weighted by Crippen LogP contribution is 2.29. The van der Waals surface area contributed by atoms with Gasteiger partial charge in [0.15, 0.2) is 0 Å². The third-order valence-corrected chi connectivity index (χ3v) is 4.40. The van der Waals surface area contributed by atoms with Crippen LogP contribution in [0.25, 0.3) is 0 Å². The maximum atomic E-state index is 4.61. The van der Waals surface area contributed by atoms with Gasteiger partial charge >= 0.3 is 0 Å². The molecule has 2 aromatic heterocycles. The lowest BCUT2D eigenvalue weighted by Crippen LogP contribution is -2.17. The zero-order valence-corrected chi connectivity index (χ0v) is 14.5. The number of hydrogen-bond donors (Lipinski definition) is 1. The molecule has 0 aliphatic carbocycles. The lowest BCUT2D eigenvalue weighted by Gasteiger charge is -2.22. The molecule has 2 rings (SSSR count). The number of aryl methyl sites for hydroxylation is 1. The molecule has 1 unspecified atom stereocenters. The van der Waals surface area contributed by atoms with Crippen molar-refractivity contribution in [2.45, 2.75) is 39.7 Å². The smallest absolute Gasteiger partial charge is 0.132 e. The van der Waals surface area contributed by atoms with Crippen LogP contribution in [0, 0.1) is 5.92 Å². The van der Waals surface area contributed by atoms with E-state index in [1.807, 2.05) is 6.07 Å². The molecular weight excluding hydrogens is 334 g/mol. The predicted molar refractivity (Wildman–Crippen MR) is 89.2 cm³/mol. The van der Waals surface area contributed by atoms with Gasteiger partial charge in [0.05, 0.1) is 6.04 Å². The number of halogens is 1. The van der Waals surface area contributed by atoms with Crippen molar-refractivity contribution in [1.29, 1.82) is 0 Å². The number of aromatic nitrogens is 2. The minimum atomic E-state index is 0.284. The molecule has 1 N–H and O–H groups in total. The van der Waals surface area contributed by atoms with Gasteiger partial charge in [-0.05, 0) is 39.7 Å². The highest BCUT2D eigenvalue weighted by atomic mass is 79.9. The van der Waals surface area contributed by atoms with Crippen molar-refractivity contribution in [1.82, 2.24) is 9.97 Å². The van der Waals surface area contributed by atoms with Crippen LogP contribution in [0.2, 0.25) is 0 Å². The summed E-state index contributed by atoms with van der Waals surface area (Å²) >= 11 is 5.25. The highest BCUT2D eigenvalue weighted by Gasteiger charge is 2.17. The predicted octanol–water partition coefficient (Wildman–Crippen LogP) is 5.06. The van der Waals surface area contributed by atoms with E-state index in [1.54, 1.807) is 11.3 Å². The average Bonchev–Trinajstić information content (AvgIpc) is 2.89. The van der Waals surface area contributed by atoms with Gasteiger partial charge in [-0.15, -0.1) is 11.3 Å². The minimum Gasteiger partial charge on any atom is -0.362 e. The molecule has 2 aromatic rings. The van der Waals surface area contributed by atoms with Crippen LogP contribution < -0.4 is 5.32 Å². The summed E-state index contributed by atoms with van der Waals surface area (Å²) in [4.78, 5) is 10.4. The Labute approximate surface area is 133 Å². The quantitative estimate of drug-likeness (QED) is 0.737. The van der Waals surface area contributed by atoms with Gasteiger partial charge in [0.1, 0.15) is 16.2 Å². The van der Waals surface area contributed by atoms with Crippen LogP contribution in [0.1, 0.15) is 43.9 Å². The monoisotopic (exact) mass is 353 g/mol. The minimum absolute atomic E-state index is 0.284. The van der Waals surface area contributed by atoms with Gasteiger partial charge < -0.3 is 5.32 Å². The molecule has 0 radical (unpaired) electrons. The Morgan fingerprint density at radius 3 is 2.75 bits per heavy atom. The highest BCUT2D eigenvalue weighted by molar-refractivity contribution is 9.10. The van der Waals surface area contributed by atoms with E-state index in [-0.39, 0.29) is 6.04 Å². The van der Waals surface area contributed by atoms with Crippen molar-refractivity contribution in [2.75, 3.05) is 5.32 Å². The van der Waals surface area contributed by atoms with E-state index in [4.69, 9.17) is 0 Å². The van der Waals surface area contributed by atoms with E-state index in [0.717, 1.165) is 29.1 Å². The number of nitrogens with one attached hydrogen (secondary N) is 1. The Bertz CT molecular complexity index is 540. The molecule has 108 valence electrons. The van der Waals surface area contributed by atoms with Gasteiger partial charge in [0, 0.05) is 17.4 Å². The van der Waals surface area contributed by atoms with Crippen LogP contribution in [0.3, 0.4) is 0 Å². The first-order valence-electron chi connectivity index (χ1n) is 6.93. The first kappa shape index (κ1) is 15.4. The Morgan fingerprint density at radius 2 is 2.15 bits per heavy atom. The summed E-state index contributed by atoms with van der Waals surface area (Å²) in [7, 11) is 0. The Balaban J connectivity index is 2.22. The molecule has 0 saturated carbocycles. The van der Waals surface area contributed by atoms with Gasteiger partial charge in [0.25, 0.3) is 0 Å². The number of anilines is 1. The molecule has 5 heteroatoms. The summed E-state index contributed by atoms with van der Waals surface area (Å²) in [6.45, 7) is 6.58.